The highest BCUT2D eigenvalue weighted by molar-refractivity contribution is 6.05. The lowest BCUT2D eigenvalue weighted by atomic mass is 9.98. The van der Waals surface area contributed by atoms with Gasteiger partial charge >= 0.3 is 6.18 Å². The largest absolute Gasteiger partial charge is 0.416 e. The summed E-state index contributed by atoms with van der Waals surface area (Å²) in [5, 5.41) is 34.9. The molecule has 9 nitrogen and oxygen atoms in total. The van der Waals surface area contributed by atoms with Crippen LogP contribution in [0.25, 0.3) is 44.1 Å². The first kappa shape index (κ1) is 31.7. The number of amides is 2. The number of hydrogen-bond acceptors (Lipinski definition) is 5. The Balaban J connectivity index is 0.000000157. The highest BCUT2D eigenvalue weighted by atomic mass is 19.4. The molecule has 8 rings (SSSR count). The zero-order valence-electron chi connectivity index (χ0n) is 26.1. The molecule has 2 N–H and O–H groups in total. The van der Waals surface area contributed by atoms with E-state index in [0.717, 1.165) is 34.2 Å². The van der Waals surface area contributed by atoms with Crippen molar-refractivity contribution < 1.29 is 22.8 Å². The average Bonchev–Trinajstić information content (AvgIpc) is 3.71. The van der Waals surface area contributed by atoms with Crippen LogP contribution in [0, 0.1) is 34.0 Å². The van der Waals surface area contributed by atoms with E-state index >= 15 is 0 Å². The first-order valence-corrected chi connectivity index (χ1v) is 15.5. The maximum Gasteiger partial charge on any atom is 0.416 e. The Bertz CT molecular complexity index is 2520. The number of rotatable bonds is 2. The topological polar surface area (TPSA) is 139 Å². The monoisotopic (exact) mass is 667 g/mol. The van der Waals surface area contributed by atoms with Crippen molar-refractivity contribution in [3.05, 3.63) is 119 Å². The number of benzene rings is 4. The Morgan fingerprint density at radius 1 is 0.600 bits per heavy atom. The summed E-state index contributed by atoms with van der Waals surface area (Å²) in [7, 11) is 0. The summed E-state index contributed by atoms with van der Waals surface area (Å²) in [6, 6.07) is 29.0. The molecule has 0 spiro atoms. The van der Waals surface area contributed by atoms with Gasteiger partial charge in [0.25, 0.3) is 11.8 Å². The standard InChI is InChI=1S/C19H12F3N3O.C19H12N4O/c20-19(21,22)14-3-1-2-12(8-14)15-7-11(10-23)6-13-9-16-18(26)24-4-5-25(16)17(13)15;20-10-12-2-1-3-14(6-12)16-8-13(11-21)7-15-9-17-19(24)22-4-5-23(17)18(15)16/h1-3,6-9H,4-5H2,(H,24,26);1-3,6-9H,4-5H2,(H,22,24). The molecule has 0 unspecified atom stereocenters. The Kier molecular flexibility index (Phi) is 7.82. The van der Waals surface area contributed by atoms with E-state index in [0.29, 0.717) is 76.3 Å². The Morgan fingerprint density at radius 3 is 1.56 bits per heavy atom. The van der Waals surface area contributed by atoms with Crippen molar-refractivity contribution in [3.63, 3.8) is 0 Å². The van der Waals surface area contributed by atoms with Gasteiger partial charge in [-0.3, -0.25) is 9.59 Å². The molecular formula is C38H24F3N7O2. The summed E-state index contributed by atoms with van der Waals surface area (Å²) in [5.41, 5.74) is 5.88. The molecule has 0 bridgehead atoms. The molecule has 4 aromatic carbocycles. The van der Waals surface area contributed by atoms with Crippen LogP contribution in [0.2, 0.25) is 0 Å². The van der Waals surface area contributed by atoms with E-state index in [-0.39, 0.29) is 11.8 Å². The van der Waals surface area contributed by atoms with Crippen molar-refractivity contribution in [2.24, 2.45) is 0 Å². The number of alkyl halides is 3. The summed E-state index contributed by atoms with van der Waals surface area (Å²) in [4.78, 5) is 24.2. The van der Waals surface area contributed by atoms with Gasteiger partial charge in [0.2, 0.25) is 0 Å². The second-order valence-electron chi connectivity index (χ2n) is 11.8. The molecule has 50 heavy (non-hydrogen) atoms. The number of carbonyl (C=O) groups is 2. The molecule has 2 aromatic heterocycles. The molecule has 0 fully saturated rings. The molecule has 2 aliphatic rings. The highest BCUT2D eigenvalue weighted by Gasteiger charge is 2.31. The van der Waals surface area contributed by atoms with Crippen molar-refractivity contribution in [1.82, 2.24) is 19.8 Å². The number of hydrogen-bond donors (Lipinski definition) is 2. The number of aromatic nitrogens is 2. The van der Waals surface area contributed by atoms with Gasteiger partial charge in [0.15, 0.2) is 0 Å². The van der Waals surface area contributed by atoms with Gasteiger partial charge in [-0.15, -0.1) is 0 Å². The number of nitrogens with zero attached hydrogens (tertiary/aromatic N) is 5. The molecule has 244 valence electrons. The summed E-state index contributed by atoms with van der Waals surface area (Å²) in [5.74, 6) is -0.339. The second kappa shape index (κ2) is 12.3. The quantitative estimate of drug-likeness (QED) is 0.211. The minimum absolute atomic E-state index is 0.104. The van der Waals surface area contributed by atoms with E-state index in [1.807, 2.05) is 34.9 Å². The molecule has 0 aliphatic carbocycles. The third kappa shape index (κ3) is 5.57. The second-order valence-corrected chi connectivity index (χ2v) is 11.8. The lowest BCUT2D eigenvalue weighted by molar-refractivity contribution is -0.137. The normalized spacial score (nSPS) is 13.5. The van der Waals surface area contributed by atoms with Crippen LogP contribution in [0.1, 0.15) is 43.2 Å². The minimum Gasteiger partial charge on any atom is -0.349 e. The lowest BCUT2D eigenvalue weighted by Gasteiger charge is -2.18. The van der Waals surface area contributed by atoms with Crippen molar-refractivity contribution >= 4 is 33.6 Å². The molecular weight excluding hydrogens is 643 g/mol. The zero-order chi connectivity index (χ0) is 35.2. The highest BCUT2D eigenvalue weighted by Crippen LogP contribution is 2.37. The number of fused-ring (bicyclic) bond motifs is 6. The van der Waals surface area contributed by atoms with Gasteiger partial charge in [0, 0.05) is 48.1 Å². The van der Waals surface area contributed by atoms with E-state index in [9.17, 15) is 33.3 Å². The number of nitriles is 3. The molecule has 4 heterocycles. The minimum atomic E-state index is -4.46. The van der Waals surface area contributed by atoms with Crippen LogP contribution in [-0.4, -0.2) is 34.0 Å². The molecule has 0 radical (unpaired) electrons. The molecule has 2 aliphatic heterocycles. The number of halogens is 3. The van der Waals surface area contributed by atoms with Gasteiger partial charge < -0.3 is 19.8 Å². The fourth-order valence-corrected chi connectivity index (χ4v) is 6.60. The summed E-state index contributed by atoms with van der Waals surface area (Å²) in [6.07, 6.45) is -4.46. The summed E-state index contributed by atoms with van der Waals surface area (Å²) < 4.78 is 43.1. The number of carbonyl (C=O) groups excluding carboxylic acids is 2. The van der Waals surface area contributed by atoms with E-state index in [4.69, 9.17) is 5.26 Å². The fraction of sp³-hybridized carbons (Fsp3) is 0.132. The van der Waals surface area contributed by atoms with Crippen molar-refractivity contribution in [2.75, 3.05) is 13.1 Å². The van der Waals surface area contributed by atoms with Crippen LogP contribution >= 0.6 is 0 Å². The van der Waals surface area contributed by atoms with Crippen LogP contribution in [0.4, 0.5) is 13.2 Å². The first-order valence-electron chi connectivity index (χ1n) is 15.5. The van der Waals surface area contributed by atoms with Crippen LogP contribution < -0.4 is 10.6 Å². The van der Waals surface area contributed by atoms with Crippen molar-refractivity contribution in [2.45, 2.75) is 19.3 Å². The van der Waals surface area contributed by atoms with Gasteiger partial charge in [0.05, 0.1) is 51.5 Å². The van der Waals surface area contributed by atoms with Crippen LogP contribution in [-0.2, 0) is 19.3 Å². The first-order chi connectivity index (χ1) is 24.1. The average molecular weight is 668 g/mol. The van der Waals surface area contributed by atoms with Crippen LogP contribution in [0.3, 0.4) is 0 Å². The fourth-order valence-electron chi connectivity index (χ4n) is 6.60. The zero-order valence-corrected chi connectivity index (χ0v) is 26.1. The predicted molar refractivity (Wildman–Crippen MR) is 179 cm³/mol. The van der Waals surface area contributed by atoms with Gasteiger partial charge in [0.1, 0.15) is 11.4 Å². The van der Waals surface area contributed by atoms with E-state index in [1.165, 1.54) is 6.07 Å². The lowest BCUT2D eigenvalue weighted by Crippen LogP contribution is -2.34. The van der Waals surface area contributed by atoms with Crippen LogP contribution in [0.15, 0.2) is 84.9 Å². The van der Waals surface area contributed by atoms with Crippen LogP contribution in [0.5, 0.6) is 0 Å². The third-order valence-electron chi connectivity index (χ3n) is 8.75. The smallest absolute Gasteiger partial charge is 0.349 e. The molecule has 0 saturated carbocycles. The van der Waals surface area contributed by atoms with E-state index in [1.54, 1.807) is 47.0 Å². The summed E-state index contributed by atoms with van der Waals surface area (Å²) >= 11 is 0. The molecule has 0 atom stereocenters. The van der Waals surface area contributed by atoms with Crippen molar-refractivity contribution in [3.8, 4) is 40.5 Å². The molecule has 12 heteroatoms. The van der Waals surface area contributed by atoms with E-state index < -0.39 is 11.7 Å². The molecule has 6 aromatic rings. The van der Waals surface area contributed by atoms with Gasteiger partial charge in [-0.2, -0.15) is 29.0 Å². The van der Waals surface area contributed by atoms with Gasteiger partial charge in [-0.05, 0) is 71.8 Å². The van der Waals surface area contributed by atoms with E-state index in [2.05, 4.69) is 22.8 Å². The Morgan fingerprint density at radius 2 is 1.08 bits per heavy atom. The van der Waals surface area contributed by atoms with Gasteiger partial charge in [-0.25, -0.2) is 0 Å². The maximum absolute atomic E-state index is 13.1. The van der Waals surface area contributed by atoms with Crippen molar-refractivity contribution in [1.29, 1.82) is 15.8 Å². The maximum atomic E-state index is 13.1. The number of nitrogens with one attached hydrogen (secondary N) is 2. The summed E-state index contributed by atoms with van der Waals surface area (Å²) in [6.45, 7) is 2.22. The predicted octanol–water partition coefficient (Wildman–Crippen LogP) is 6.74. The molecule has 0 saturated heterocycles. The Labute approximate surface area is 283 Å². The molecule has 2 amide bonds. The SMILES string of the molecule is N#Cc1cc(-c2cccc(C(F)(F)F)c2)c2c(c1)cc1n2CCNC1=O.N#Cc1cccc(-c2cc(C#N)cc3cc4n(c23)CCNC4=O)c1. The third-order valence-corrected chi connectivity index (χ3v) is 8.75. The van der Waals surface area contributed by atoms with Gasteiger partial charge in [-0.1, -0.05) is 24.3 Å². The Hall–Kier alpha value is -6.84.